The lowest BCUT2D eigenvalue weighted by Gasteiger charge is -2.14. The molecule has 0 heterocycles. The maximum absolute atomic E-state index is 11.7. The van der Waals surface area contributed by atoms with Gasteiger partial charge in [0.1, 0.15) is 23.1 Å². The van der Waals surface area contributed by atoms with E-state index in [4.69, 9.17) is 10.8 Å². The number of aromatic hydroxyl groups is 2. The number of carbonyl (C=O) groups is 3. The standard InChI is InChI=1S/C11H12N2O6/c12-8(16)4-5(11(18)19)13-10(17)9-6(14)2-1-3-7(9)15/h1-3,5,14-15H,4H2,(H2,12,16)(H,13,17)(H,18,19)/t5-/m1/s1. The number of amides is 2. The van der Waals surface area contributed by atoms with Crippen LogP contribution in [0.2, 0.25) is 0 Å². The number of carbonyl (C=O) groups excluding carboxylic acids is 2. The van der Waals surface area contributed by atoms with Crippen molar-refractivity contribution in [3.05, 3.63) is 23.8 Å². The van der Waals surface area contributed by atoms with Crippen molar-refractivity contribution < 1.29 is 29.7 Å². The minimum Gasteiger partial charge on any atom is -0.507 e. The molecule has 2 amide bonds. The van der Waals surface area contributed by atoms with Gasteiger partial charge in [0.05, 0.1) is 6.42 Å². The number of hydrogen-bond donors (Lipinski definition) is 5. The van der Waals surface area contributed by atoms with Gasteiger partial charge >= 0.3 is 5.97 Å². The van der Waals surface area contributed by atoms with Crippen LogP contribution in [-0.4, -0.2) is 39.1 Å². The third kappa shape index (κ3) is 3.60. The second-order valence-corrected chi connectivity index (χ2v) is 3.71. The first-order chi connectivity index (χ1) is 8.82. The molecule has 8 nitrogen and oxygen atoms in total. The van der Waals surface area contributed by atoms with E-state index >= 15 is 0 Å². The molecule has 0 saturated heterocycles. The maximum atomic E-state index is 11.7. The molecule has 0 aliphatic rings. The summed E-state index contributed by atoms with van der Waals surface area (Å²) in [4.78, 5) is 33.2. The van der Waals surface area contributed by atoms with E-state index in [9.17, 15) is 24.6 Å². The fraction of sp³-hybridized carbons (Fsp3) is 0.182. The Labute approximate surface area is 107 Å². The van der Waals surface area contributed by atoms with Crippen molar-refractivity contribution >= 4 is 17.8 Å². The van der Waals surface area contributed by atoms with Crippen molar-refractivity contribution in [3.63, 3.8) is 0 Å². The van der Waals surface area contributed by atoms with Gasteiger partial charge in [-0.05, 0) is 12.1 Å². The Bertz CT molecular complexity index is 508. The molecule has 1 aromatic carbocycles. The second-order valence-electron chi connectivity index (χ2n) is 3.71. The predicted octanol–water partition coefficient (Wildman–Crippen LogP) is -0.844. The summed E-state index contributed by atoms with van der Waals surface area (Å²) in [5.41, 5.74) is 4.38. The van der Waals surface area contributed by atoms with E-state index in [2.05, 4.69) is 0 Å². The van der Waals surface area contributed by atoms with Crippen LogP contribution in [0.5, 0.6) is 11.5 Å². The van der Waals surface area contributed by atoms with Gasteiger partial charge < -0.3 is 26.4 Å². The quantitative estimate of drug-likeness (QED) is 0.469. The molecular weight excluding hydrogens is 256 g/mol. The lowest BCUT2D eigenvalue weighted by molar-refractivity contribution is -0.140. The third-order valence-electron chi connectivity index (χ3n) is 2.26. The van der Waals surface area contributed by atoms with Crippen molar-refractivity contribution in [1.82, 2.24) is 5.32 Å². The van der Waals surface area contributed by atoms with E-state index in [1.807, 2.05) is 5.32 Å². The van der Waals surface area contributed by atoms with Crippen molar-refractivity contribution in [2.75, 3.05) is 0 Å². The highest BCUT2D eigenvalue weighted by Gasteiger charge is 2.25. The molecule has 1 rings (SSSR count). The van der Waals surface area contributed by atoms with Gasteiger partial charge in [-0.15, -0.1) is 0 Å². The number of carboxylic acids is 1. The van der Waals surface area contributed by atoms with E-state index in [1.54, 1.807) is 0 Å². The predicted molar refractivity (Wildman–Crippen MR) is 62.5 cm³/mol. The van der Waals surface area contributed by atoms with Crippen LogP contribution in [0.4, 0.5) is 0 Å². The van der Waals surface area contributed by atoms with E-state index in [0.29, 0.717) is 0 Å². The van der Waals surface area contributed by atoms with Gasteiger partial charge in [0.25, 0.3) is 5.91 Å². The number of nitrogens with two attached hydrogens (primary N) is 1. The molecule has 1 atom stereocenters. The number of nitrogens with one attached hydrogen (secondary N) is 1. The number of primary amides is 1. The lowest BCUT2D eigenvalue weighted by Crippen LogP contribution is -2.43. The fourth-order valence-electron chi connectivity index (χ4n) is 1.39. The van der Waals surface area contributed by atoms with Crippen molar-refractivity contribution in [3.8, 4) is 11.5 Å². The summed E-state index contributed by atoms with van der Waals surface area (Å²) in [5, 5.41) is 29.7. The van der Waals surface area contributed by atoms with Crippen LogP contribution in [0.3, 0.4) is 0 Å². The average Bonchev–Trinajstić information content (AvgIpc) is 2.27. The highest BCUT2D eigenvalue weighted by molar-refractivity contribution is 6.01. The summed E-state index contributed by atoms with van der Waals surface area (Å²) in [7, 11) is 0. The number of hydrogen-bond acceptors (Lipinski definition) is 5. The molecule has 102 valence electrons. The zero-order valence-corrected chi connectivity index (χ0v) is 9.66. The summed E-state index contributed by atoms with van der Waals surface area (Å²) in [6, 6.07) is 2.07. The van der Waals surface area contributed by atoms with Crippen molar-refractivity contribution in [2.45, 2.75) is 12.5 Å². The Morgan fingerprint density at radius 1 is 1.21 bits per heavy atom. The Morgan fingerprint density at radius 3 is 2.16 bits per heavy atom. The Morgan fingerprint density at radius 2 is 1.74 bits per heavy atom. The van der Waals surface area contributed by atoms with Gasteiger partial charge in [-0.2, -0.15) is 0 Å². The molecule has 8 heteroatoms. The fourth-order valence-corrected chi connectivity index (χ4v) is 1.39. The number of aliphatic carboxylic acids is 1. The first-order valence-electron chi connectivity index (χ1n) is 5.16. The molecule has 0 aromatic heterocycles. The van der Waals surface area contributed by atoms with Crippen LogP contribution in [0.15, 0.2) is 18.2 Å². The Kier molecular flexibility index (Phi) is 4.30. The normalized spacial score (nSPS) is 11.6. The van der Waals surface area contributed by atoms with Gasteiger partial charge in [-0.1, -0.05) is 6.07 Å². The lowest BCUT2D eigenvalue weighted by atomic mass is 10.1. The second kappa shape index (κ2) is 5.71. The summed E-state index contributed by atoms with van der Waals surface area (Å²) >= 11 is 0. The SMILES string of the molecule is NC(=O)C[C@@H](NC(=O)c1c(O)cccc1O)C(=O)O. The summed E-state index contributed by atoms with van der Waals surface area (Å²) in [6.45, 7) is 0. The Hall–Kier alpha value is -2.77. The molecule has 0 bridgehead atoms. The first kappa shape index (κ1) is 14.3. The molecule has 0 saturated carbocycles. The monoisotopic (exact) mass is 268 g/mol. The zero-order valence-electron chi connectivity index (χ0n) is 9.66. The number of carboxylic acid groups (broad SMARTS) is 1. The molecule has 0 spiro atoms. The van der Waals surface area contributed by atoms with Gasteiger partial charge in [-0.3, -0.25) is 9.59 Å². The number of phenols is 2. The van der Waals surface area contributed by atoms with E-state index in [-0.39, 0.29) is 0 Å². The molecular formula is C11H12N2O6. The van der Waals surface area contributed by atoms with Crippen LogP contribution in [0.1, 0.15) is 16.8 Å². The van der Waals surface area contributed by atoms with E-state index in [0.717, 1.165) is 12.1 Å². The van der Waals surface area contributed by atoms with Gasteiger partial charge in [0.2, 0.25) is 5.91 Å². The first-order valence-corrected chi connectivity index (χ1v) is 5.16. The molecule has 0 radical (unpaired) electrons. The van der Waals surface area contributed by atoms with Crippen LogP contribution < -0.4 is 11.1 Å². The molecule has 0 unspecified atom stereocenters. The Balaban J connectivity index is 2.94. The molecule has 19 heavy (non-hydrogen) atoms. The third-order valence-corrected chi connectivity index (χ3v) is 2.26. The minimum absolute atomic E-state index is 0.474. The van der Waals surface area contributed by atoms with Gasteiger partial charge in [0, 0.05) is 0 Å². The van der Waals surface area contributed by atoms with E-state index in [1.165, 1.54) is 6.07 Å². The molecule has 0 aliphatic carbocycles. The highest BCUT2D eigenvalue weighted by atomic mass is 16.4. The van der Waals surface area contributed by atoms with Gasteiger partial charge in [-0.25, -0.2) is 4.79 Å². The number of rotatable bonds is 5. The van der Waals surface area contributed by atoms with Crippen molar-refractivity contribution in [1.29, 1.82) is 0 Å². The number of phenolic OH excluding ortho intramolecular Hbond substituents is 2. The summed E-state index contributed by atoms with van der Waals surface area (Å²) in [5.74, 6) is -4.41. The zero-order chi connectivity index (χ0) is 14.6. The van der Waals surface area contributed by atoms with Crippen LogP contribution >= 0.6 is 0 Å². The number of benzene rings is 1. The highest BCUT2D eigenvalue weighted by Crippen LogP contribution is 2.26. The smallest absolute Gasteiger partial charge is 0.326 e. The van der Waals surface area contributed by atoms with Crippen molar-refractivity contribution in [2.24, 2.45) is 5.73 Å². The van der Waals surface area contributed by atoms with Crippen LogP contribution in [0, 0.1) is 0 Å². The molecule has 6 N–H and O–H groups in total. The molecule has 0 aliphatic heterocycles. The summed E-state index contributed by atoms with van der Waals surface area (Å²) < 4.78 is 0. The van der Waals surface area contributed by atoms with Crippen LogP contribution in [0.25, 0.3) is 0 Å². The molecule has 1 aromatic rings. The average molecular weight is 268 g/mol. The summed E-state index contributed by atoms with van der Waals surface area (Å²) in [6.07, 6.45) is -0.602. The van der Waals surface area contributed by atoms with Crippen LogP contribution in [-0.2, 0) is 9.59 Å². The maximum Gasteiger partial charge on any atom is 0.326 e. The molecule has 0 fully saturated rings. The minimum atomic E-state index is -1.54. The van der Waals surface area contributed by atoms with Gasteiger partial charge in [0.15, 0.2) is 0 Å². The topological polar surface area (TPSA) is 150 Å². The largest absolute Gasteiger partial charge is 0.507 e. The van der Waals surface area contributed by atoms with E-state index < -0.39 is 47.3 Å².